The maximum Gasteiger partial charge on any atom is 0.328 e. The smallest absolute Gasteiger partial charge is 0.328 e. The molecule has 0 saturated heterocycles. The number of Topliss-reactive ketones (excluding diaryl/α,β-unsaturated/α-hetero) is 1. The molecule has 3 aromatic carbocycles. The maximum absolute atomic E-state index is 13.5. The molecule has 0 fully saturated rings. The fourth-order valence-electron chi connectivity index (χ4n) is 7.25. The molecule has 18 nitrogen and oxygen atoms in total. The summed E-state index contributed by atoms with van der Waals surface area (Å²) < 4.78 is 15.1. The Morgan fingerprint density at radius 1 is 0.563 bits per heavy atom. The molecule has 0 radical (unpaired) electrons. The molecule has 21 heteroatoms. The molecule has 0 aliphatic heterocycles. The molecule has 3 aromatic rings. The fraction of sp³-hybridized carbons (Fsp3) is 0.460. The number of carbonyl (C=O) groups is 9. The summed E-state index contributed by atoms with van der Waals surface area (Å²) in [7, 11) is 0.00293. The quantitative estimate of drug-likeness (QED) is 0.0165. The average Bonchev–Trinajstić information content (AvgIpc) is 3.36. The minimum absolute atomic E-state index is 0.0318. The van der Waals surface area contributed by atoms with Crippen molar-refractivity contribution in [3.63, 3.8) is 0 Å². The van der Waals surface area contributed by atoms with Crippen LogP contribution in [0.25, 0.3) is 0 Å². The third-order valence-corrected chi connectivity index (χ3v) is 17.8. The van der Waals surface area contributed by atoms with Crippen LogP contribution >= 0.6 is 28.9 Å². The van der Waals surface area contributed by atoms with Gasteiger partial charge in [0.05, 0.1) is 38.4 Å². The van der Waals surface area contributed by atoms with E-state index in [1.165, 1.54) is 15.9 Å². The number of aliphatic carboxylic acids is 1. The minimum Gasteiger partial charge on any atom is -0.480 e. The van der Waals surface area contributed by atoms with E-state index in [9.17, 15) is 43.2 Å². The van der Waals surface area contributed by atoms with Gasteiger partial charge in [0.2, 0.25) is 23.6 Å². The summed E-state index contributed by atoms with van der Waals surface area (Å²) in [6.07, 6.45) is 0.673. The van der Waals surface area contributed by atoms with Gasteiger partial charge in [-0.3, -0.25) is 38.4 Å². The number of amides is 4. The lowest BCUT2D eigenvalue weighted by Gasteiger charge is -2.27. The SMILES string of the molecule is CCOC(=O)CCC(=O)C(CSSCC(NC(=O)CCC(N)C(=O)O)C(=O)NCC(=O)OCC)NC(=O)CCC(NC(=O)CCCC[P+](c1ccccc1)(c1ccccc1)c1ccccc1)C(=O)OCC. The molecule has 4 atom stereocenters. The Bertz CT molecular complexity index is 2100. The second-order valence-corrected chi connectivity index (χ2v) is 22.2. The van der Waals surface area contributed by atoms with Crippen LogP contribution in [0.5, 0.6) is 0 Å². The summed E-state index contributed by atoms with van der Waals surface area (Å²) in [6.45, 7) is 4.57. The highest BCUT2D eigenvalue weighted by atomic mass is 33.1. The predicted octanol–water partition coefficient (Wildman–Crippen LogP) is 3.11. The van der Waals surface area contributed by atoms with Gasteiger partial charge in [0, 0.05) is 37.2 Å². The van der Waals surface area contributed by atoms with Crippen molar-refractivity contribution in [1.82, 2.24) is 21.3 Å². The van der Waals surface area contributed by atoms with Crippen molar-refractivity contribution in [3.05, 3.63) is 91.0 Å². The summed E-state index contributed by atoms with van der Waals surface area (Å²) in [5, 5.41) is 23.1. The zero-order valence-electron chi connectivity index (χ0n) is 40.5. The van der Waals surface area contributed by atoms with Crippen LogP contribution < -0.4 is 42.9 Å². The zero-order chi connectivity index (χ0) is 52.0. The van der Waals surface area contributed by atoms with Gasteiger partial charge in [0.25, 0.3) is 0 Å². The van der Waals surface area contributed by atoms with E-state index < -0.39 is 85.4 Å². The lowest BCUT2D eigenvalue weighted by Crippen LogP contribution is -2.49. The molecule has 0 heterocycles. The molecule has 7 N–H and O–H groups in total. The van der Waals surface area contributed by atoms with E-state index in [1.807, 2.05) is 54.6 Å². The third kappa shape index (κ3) is 21.2. The molecule has 0 aromatic heterocycles. The summed E-state index contributed by atoms with van der Waals surface area (Å²) in [4.78, 5) is 114. The van der Waals surface area contributed by atoms with Crippen LogP contribution in [0, 0.1) is 0 Å². The largest absolute Gasteiger partial charge is 0.480 e. The van der Waals surface area contributed by atoms with Gasteiger partial charge in [-0.15, -0.1) is 0 Å². The Morgan fingerprint density at radius 3 is 1.55 bits per heavy atom. The van der Waals surface area contributed by atoms with E-state index in [1.54, 1.807) is 20.8 Å². The van der Waals surface area contributed by atoms with Crippen molar-refractivity contribution < 1.29 is 62.5 Å². The molecule has 71 heavy (non-hydrogen) atoms. The molecule has 3 rings (SSSR count). The number of nitrogens with two attached hydrogens (primary N) is 1. The van der Waals surface area contributed by atoms with E-state index in [-0.39, 0.29) is 82.2 Å². The number of ether oxygens (including phenoxy) is 3. The standard InChI is InChI=1S/C50H66N5O13PS2/c1-4-66-46(60)30-27-42(56)40(33-70-71-34-41(48(62)52-32-47(61)67-5-2)55-44(58)28-25-38(51)49(63)64)54-45(59)29-26-39(50(65)68-6-3)53-43(57)24-16-17-31-69(35-18-10-7-11-19-35,36-20-12-8-13-21-36)37-22-14-9-15-23-37/h7-15,18-23,38-41H,4-6,16-17,24-34,51H2,1-3H3,(H4-,52,53,54,55,57,58,59,62,63,64)/p+1. The third-order valence-electron chi connectivity index (χ3n) is 10.8. The van der Waals surface area contributed by atoms with Crippen molar-refractivity contribution in [2.45, 2.75) is 103 Å². The number of nitrogens with one attached hydrogen (secondary N) is 4. The molecule has 0 aliphatic carbocycles. The number of hydrogen-bond acceptors (Lipinski definition) is 15. The Kier molecular flexibility index (Phi) is 27.6. The highest BCUT2D eigenvalue weighted by molar-refractivity contribution is 8.76. The zero-order valence-corrected chi connectivity index (χ0v) is 43.0. The first-order valence-corrected chi connectivity index (χ1v) is 28.0. The number of carboxylic acid groups (broad SMARTS) is 1. The summed E-state index contributed by atoms with van der Waals surface area (Å²) in [5.74, 6) is -6.42. The van der Waals surface area contributed by atoms with Crippen LogP contribution in [0.2, 0.25) is 0 Å². The first-order valence-electron chi connectivity index (χ1n) is 23.6. The van der Waals surface area contributed by atoms with Crippen molar-refractivity contribution >= 4 is 98.1 Å². The van der Waals surface area contributed by atoms with E-state index in [2.05, 4.69) is 57.7 Å². The average molecular weight is 1040 g/mol. The predicted molar refractivity (Wildman–Crippen MR) is 276 cm³/mol. The van der Waals surface area contributed by atoms with Gasteiger partial charge >= 0.3 is 23.9 Å². The van der Waals surface area contributed by atoms with Gasteiger partial charge in [-0.25, -0.2) is 4.79 Å². The van der Waals surface area contributed by atoms with Crippen LogP contribution in [0.3, 0.4) is 0 Å². The van der Waals surface area contributed by atoms with Crippen molar-refractivity contribution in [2.24, 2.45) is 5.73 Å². The second-order valence-electron chi connectivity index (χ2n) is 16.0. The van der Waals surface area contributed by atoms with Crippen LogP contribution in [0.1, 0.15) is 78.6 Å². The summed E-state index contributed by atoms with van der Waals surface area (Å²) in [6, 6.07) is 26.4. The van der Waals surface area contributed by atoms with E-state index in [0.717, 1.165) is 27.7 Å². The Balaban J connectivity index is 1.67. The molecule has 0 aliphatic rings. The second kappa shape index (κ2) is 32.9. The number of esters is 3. The Morgan fingerprint density at radius 2 is 1.03 bits per heavy atom. The molecule has 4 amide bonds. The minimum atomic E-state index is -2.12. The topological polar surface area (TPSA) is 276 Å². The highest BCUT2D eigenvalue weighted by Gasteiger charge is 2.44. The number of hydrogen-bond donors (Lipinski definition) is 6. The van der Waals surface area contributed by atoms with E-state index in [4.69, 9.17) is 25.1 Å². The van der Waals surface area contributed by atoms with Crippen LogP contribution in [-0.4, -0.2) is 127 Å². The van der Waals surface area contributed by atoms with Gasteiger partial charge < -0.3 is 46.3 Å². The van der Waals surface area contributed by atoms with Gasteiger partial charge in [-0.2, -0.15) is 0 Å². The molecule has 0 spiro atoms. The Labute approximate surface area is 423 Å². The summed E-state index contributed by atoms with van der Waals surface area (Å²) >= 11 is 0. The molecular formula is C50H67N5O13PS2+. The lowest BCUT2D eigenvalue weighted by atomic mass is 10.1. The first kappa shape index (κ1) is 59.5. The molecular weight excluding hydrogens is 974 g/mol. The van der Waals surface area contributed by atoms with Gasteiger partial charge in [-0.1, -0.05) is 76.2 Å². The number of carbonyl (C=O) groups excluding carboxylic acids is 8. The van der Waals surface area contributed by atoms with Crippen molar-refractivity contribution in [1.29, 1.82) is 0 Å². The van der Waals surface area contributed by atoms with Gasteiger partial charge in [0.1, 0.15) is 47.8 Å². The maximum atomic E-state index is 13.5. The van der Waals surface area contributed by atoms with E-state index >= 15 is 0 Å². The van der Waals surface area contributed by atoms with Gasteiger partial charge in [0.15, 0.2) is 5.78 Å². The van der Waals surface area contributed by atoms with E-state index in [0.29, 0.717) is 12.8 Å². The van der Waals surface area contributed by atoms with Crippen LogP contribution in [0.4, 0.5) is 0 Å². The molecule has 0 saturated carbocycles. The molecule has 386 valence electrons. The monoisotopic (exact) mass is 1040 g/mol. The number of benzene rings is 3. The van der Waals surface area contributed by atoms with Crippen molar-refractivity contribution in [2.75, 3.05) is 44.0 Å². The van der Waals surface area contributed by atoms with Crippen LogP contribution in [0.15, 0.2) is 91.0 Å². The van der Waals surface area contributed by atoms with Gasteiger partial charge in [-0.05, 0) is 82.9 Å². The first-order chi connectivity index (χ1) is 34.1. The normalized spacial score (nSPS) is 12.7. The fourth-order valence-corrected chi connectivity index (χ4v) is 14.0. The lowest BCUT2D eigenvalue weighted by molar-refractivity contribution is -0.148. The van der Waals surface area contributed by atoms with Crippen molar-refractivity contribution in [3.8, 4) is 0 Å². The molecule has 0 bridgehead atoms. The number of unbranched alkanes of at least 4 members (excludes halogenated alkanes) is 1. The summed E-state index contributed by atoms with van der Waals surface area (Å²) in [5.41, 5.74) is 5.52. The number of rotatable bonds is 34. The Hall–Kier alpha value is -5.82. The number of ketones is 1. The highest BCUT2D eigenvalue weighted by Crippen LogP contribution is 2.56. The molecule has 4 unspecified atom stereocenters. The number of carboxylic acids is 1. The van der Waals surface area contributed by atoms with Crippen LogP contribution in [-0.2, 0) is 57.4 Å².